The lowest BCUT2D eigenvalue weighted by Crippen LogP contribution is -2.05. The topological polar surface area (TPSA) is 38.1 Å². The van der Waals surface area contributed by atoms with Crippen LogP contribution in [0.2, 0.25) is 0 Å². The Morgan fingerprint density at radius 2 is 1.81 bits per heavy atom. The smallest absolute Gasteiger partial charge is 0.138 e. The molecule has 1 atom stereocenters. The summed E-state index contributed by atoms with van der Waals surface area (Å²) in [6, 6.07) is 18.1. The summed E-state index contributed by atoms with van der Waals surface area (Å²) in [7, 11) is 0. The second-order valence-electron chi connectivity index (χ2n) is 5.06. The third kappa shape index (κ3) is 2.88. The number of benzene rings is 2. The molecule has 0 spiro atoms. The molecule has 1 heterocycles. The van der Waals surface area contributed by atoms with Crippen molar-refractivity contribution in [2.24, 2.45) is 0 Å². The second kappa shape index (κ2) is 5.94. The second-order valence-corrected chi connectivity index (χ2v) is 5.06. The summed E-state index contributed by atoms with van der Waals surface area (Å²) in [6.45, 7) is 2.44. The predicted molar refractivity (Wildman–Crippen MR) is 85.8 cm³/mol. The molecular weight excluding hydrogens is 260 g/mol. The highest BCUT2D eigenvalue weighted by molar-refractivity contribution is 5.76. The molecule has 21 heavy (non-hydrogen) atoms. The molecule has 0 amide bonds. The molecule has 3 nitrogen and oxygen atoms in total. The average molecular weight is 278 g/mol. The van der Waals surface area contributed by atoms with Gasteiger partial charge in [0, 0.05) is 6.54 Å². The molecule has 0 bridgehead atoms. The molecule has 106 valence electrons. The van der Waals surface area contributed by atoms with Crippen molar-refractivity contribution in [2.45, 2.75) is 19.6 Å². The Balaban J connectivity index is 1.92. The molecule has 3 heteroatoms. The van der Waals surface area contributed by atoms with Gasteiger partial charge in [-0.2, -0.15) is 0 Å². The number of imidazole rings is 1. The summed E-state index contributed by atoms with van der Waals surface area (Å²) < 4.78 is 2.06. The summed E-state index contributed by atoms with van der Waals surface area (Å²) in [5.41, 5.74) is 3.13. The first kappa shape index (κ1) is 13.6. The van der Waals surface area contributed by atoms with Crippen LogP contribution >= 0.6 is 0 Å². The van der Waals surface area contributed by atoms with Crippen molar-refractivity contribution in [3.05, 3.63) is 72.1 Å². The number of hydrogen-bond donors (Lipinski definition) is 1. The summed E-state index contributed by atoms with van der Waals surface area (Å²) in [6.07, 6.45) is 3.60. The number of fused-ring (bicyclic) bond motifs is 1. The molecule has 0 saturated carbocycles. The van der Waals surface area contributed by atoms with E-state index in [1.165, 1.54) is 5.56 Å². The molecule has 0 aliphatic rings. The predicted octanol–water partition coefficient (Wildman–Crippen LogP) is 3.80. The van der Waals surface area contributed by atoms with Crippen molar-refractivity contribution in [3.63, 3.8) is 0 Å². The Hall–Kier alpha value is -2.39. The van der Waals surface area contributed by atoms with Gasteiger partial charge in [-0.3, -0.25) is 0 Å². The maximum Gasteiger partial charge on any atom is 0.138 e. The third-order valence-electron chi connectivity index (χ3n) is 3.46. The zero-order valence-electron chi connectivity index (χ0n) is 12.0. The highest BCUT2D eigenvalue weighted by Gasteiger charge is 2.13. The van der Waals surface area contributed by atoms with Crippen molar-refractivity contribution >= 4 is 17.1 Å². The molecule has 0 fully saturated rings. The lowest BCUT2D eigenvalue weighted by Gasteiger charge is -2.08. The Labute approximate surface area is 124 Å². The van der Waals surface area contributed by atoms with Gasteiger partial charge >= 0.3 is 0 Å². The average Bonchev–Trinajstić information content (AvgIpc) is 2.88. The third-order valence-corrected chi connectivity index (χ3v) is 3.46. The molecule has 0 saturated heterocycles. The van der Waals surface area contributed by atoms with E-state index in [0.29, 0.717) is 12.4 Å². The normalized spacial score (nSPS) is 13.0. The minimum absolute atomic E-state index is 0.581. The Morgan fingerprint density at radius 3 is 2.57 bits per heavy atom. The number of hydrogen-bond acceptors (Lipinski definition) is 2. The number of aromatic nitrogens is 2. The van der Waals surface area contributed by atoms with Gasteiger partial charge in [-0.25, -0.2) is 4.98 Å². The SMILES string of the molecule is CC(O)c1nc2ccccc2n1CC=Cc1ccccc1. The van der Waals surface area contributed by atoms with Gasteiger partial charge in [0.05, 0.1) is 11.0 Å². The Bertz CT molecular complexity index is 757. The summed E-state index contributed by atoms with van der Waals surface area (Å²) in [5, 5.41) is 9.91. The maximum absolute atomic E-state index is 9.91. The number of para-hydroxylation sites is 2. The zero-order chi connectivity index (χ0) is 14.7. The lowest BCUT2D eigenvalue weighted by atomic mass is 10.2. The van der Waals surface area contributed by atoms with E-state index in [0.717, 1.165) is 11.0 Å². The van der Waals surface area contributed by atoms with E-state index in [-0.39, 0.29) is 0 Å². The number of allylic oxidation sites excluding steroid dienone is 1. The number of rotatable bonds is 4. The first-order valence-electron chi connectivity index (χ1n) is 7.10. The number of nitrogens with zero attached hydrogens (tertiary/aromatic N) is 2. The van der Waals surface area contributed by atoms with E-state index in [2.05, 4.69) is 33.8 Å². The van der Waals surface area contributed by atoms with Crippen molar-refractivity contribution in [1.29, 1.82) is 0 Å². The highest BCUT2D eigenvalue weighted by Crippen LogP contribution is 2.20. The van der Waals surface area contributed by atoms with Crippen LogP contribution < -0.4 is 0 Å². The monoisotopic (exact) mass is 278 g/mol. The van der Waals surface area contributed by atoms with Crippen LogP contribution in [0.4, 0.5) is 0 Å². The summed E-state index contributed by atoms with van der Waals surface area (Å²) in [4.78, 5) is 4.52. The van der Waals surface area contributed by atoms with E-state index in [4.69, 9.17) is 0 Å². The van der Waals surface area contributed by atoms with Crippen molar-refractivity contribution in [2.75, 3.05) is 0 Å². The first-order chi connectivity index (χ1) is 10.3. The molecule has 0 aliphatic heterocycles. The lowest BCUT2D eigenvalue weighted by molar-refractivity contribution is 0.185. The van der Waals surface area contributed by atoms with Gasteiger partial charge in [-0.1, -0.05) is 54.6 Å². The molecular formula is C18H18N2O. The van der Waals surface area contributed by atoms with Crippen LogP contribution in [0.3, 0.4) is 0 Å². The summed E-state index contributed by atoms with van der Waals surface area (Å²) >= 11 is 0. The van der Waals surface area contributed by atoms with Gasteiger partial charge < -0.3 is 9.67 Å². The molecule has 0 radical (unpaired) electrons. The molecule has 3 rings (SSSR count). The fraction of sp³-hybridized carbons (Fsp3) is 0.167. The minimum atomic E-state index is -0.581. The van der Waals surface area contributed by atoms with E-state index in [1.54, 1.807) is 6.92 Å². The maximum atomic E-state index is 9.91. The van der Waals surface area contributed by atoms with Crippen molar-refractivity contribution in [1.82, 2.24) is 9.55 Å². The van der Waals surface area contributed by atoms with Crippen LogP contribution in [0, 0.1) is 0 Å². The van der Waals surface area contributed by atoms with E-state index in [1.807, 2.05) is 42.5 Å². The van der Waals surface area contributed by atoms with Crippen LogP contribution in [0.15, 0.2) is 60.7 Å². The minimum Gasteiger partial charge on any atom is -0.385 e. The van der Waals surface area contributed by atoms with Gasteiger partial charge in [0.1, 0.15) is 11.9 Å². The van der Waals surface area contributed by atoms with Gasteiger partial charge in [0.2, 0.25) is 0 Å². The fourth-order valence-corrected chi connectivity index (χ4v) is 2.46. The van der Waals surface area contributed by atoms with Crippen LogP contribution in [0.1, 0.15) is 24.4 Å². The van der Waals surface area contributed by atoms with Gasteiger partial charge in [-0.15, -0.1) is 0 Å². The van der Waals surface area contributed by atoms with Crippen LogP contribution in [0.25, 0.3) is 17.1 Å². The van der Waals surface area contributed by atoms with Gasteiger partial charge in [0.25, 0.3) is 0 Å². The van der Waals surface area contributed by atoms with Crippen LogP contribution in [-0.4, -0.2) is 14.7 Å². The van der Waals surface area contributed by atoms with Gasteiger partial charge in [-0.05, 0) is 24.6 Å². The Morgan fingerprint density at radius 1 is 1.10 bits per heavy atom. The Kier molecular flexibility index (Phi) is 3.84. The van der Waals surface area contributed by atoms with Crippen LogP contribution in [-0.2, 0) is 6.54 Å². The van der Waals surface area contributed by atoms with Crippen molar-refractivity contribution in [3.8, 4) is 0 Å². The molecule has 1 aromatic heterocycles. The van der Waals surface area contributed by atoms with E-state index < -0.39 is 6.10 Å². The van der Waals surface area contributed by atoms with Gasteiger partial charge in [0.15, 0.2) is 0 Å². The molecule has 1 unspecified atom stereocenters. The highest BCUT2D eigenvalue weighted by atomic mass is 16.3. The quantitative estimate of drug-likeness (QED) is 0.788. The molecule has 2 aromatic carbocycles. The van der Waals surface area contributed by atoms with Crippen molar-refractivity contribution < 1.29 is 5.11 Å². The largest absolute Gasteiger partial charge is 0.385 e. The number of aliphatic hydroxyl groups excluding tert-OH is 1. The van der Waals surface area contributed by atoms with Crippen LogP contribution in [0.5, 0.6) is 0 Å². The molecule has 1 N–H and O–H groups in total. The van der Waals surface area contributed by atoms with E-state index >= 15 is 0 Å². The number of aliphatic hydroxyl groups is 1. The zero-order valence-corrected chi connectivity index (χ0v) is 12.0. The standard InChI is InChI=1S/C18H18N2O/c1-14(21)18-19-16-11-5-6-12-17(16)20(18)13-7-10-15-8-3-2-4-9-15/h2-12,14,21H,13H2,1H3. The molecule has 3 aromatic rings. The fourth-order valence-electron chi connectivity index (χ4n) is 2.46. The summed E-state index contributed by atoms with van der Waals surface area (Å²) in [5.74, 6) is 0.703. The first-order valence-corrected chi connectivity index (χ1v) is 7.10. The molecule has 0 aliphatic carbocycles. The van der Waals surface area contributed by atoms with E-state index in [9.17, 15) is 5.11 Å².